The molecule has 1 heterocycles. The lowest BCUT2D eigenvalue weighted by Gasteiger charge is -2.37. The highest BCUT2D eigenvalue weighted by atomic mass is 16.5. The molecule has 29 heavy (non-hydrogen) atoms. The number of rotatable bonds is 6. The van der Waals surface area contributed by atoms with Crippen LogP contribution in [0.15, 0.2) is 65.8 Å². The van der Waals surface area contributed by atoms with E-state index in [4.69, 9.17) is 14.6 Å². The van der Waals surface area contributed by atoms with Crippen molar-refractivity contribution in [2.24, 2.45) is 16.9 Å². The van der Waals surface area contributed by atoms with Crippen LogP contribution in [0.4, 0.5) is 5.69 Å². The fourth-order valence-corrected chi connectivity index (χ4v) is 4.01. The van der Waals surface area contributed by atoms with Crippen LogP contribution >= 0.6 is 0 Å². The first-order valence-corrected chi connectivity index (χ1v) is 10.3. The number of carbonyl (C=O) groups excluding carboxylic acids is 1. The van der Waals surface area contributed by atoms with Gasteiger partial charge in [-0.15, -0.1) is 0 Å². The fraction of sp³-hybridized carbons (Fsp3) is 0.333. The van der Waals surface area contributed by atoms with E-state index in [2.05, 4.69) is 12.2 Å². The molecular weight excluding hydrogens is 364 g/mol. The molecule has 5 heteroatoms. The zero-order valence-corrected chi connectivity index (χ0v) is 16.9. The molecule has 0 aromatic heterocycles. The summed E-state index contributed by atoms with van der Waals surface area (Å²) in [4.78, 5) is 13.2. The first-order chi connectivity index (χ1) is 14.2. The molecule has 2 unspecified atom stereocenters. The highest BCUT2D eigenvalue weighted by Crippen LogP contribution is 2.38. The Balaban J connectivity index is 1.80. The molecule has 2 aromatic rings. The van der Waals surface area contributed by atoms with Crippen molar-refractivity contribution in [3.05, 3.63) is 66.2 Å². The Morgan fingerprint density at radius 1 is 0.931 bits per heavy atom. The SMILES string of the molecule is CCOc1ccc(C2=NN(c3ccccc3)C(=O)C3CC=CCC23)cc1OCC. The average molecular weight is 390 g/mol. The quantitative estimate of drug-likeness (QED) is 0.665. The molecule has 4 rings (SSSR count). The average Bonchev–Trinajstić information content (AvgIpc) is 2.76. The van der Waals surface area contributed by atoms with Crippen LogP contribution in [-0.4, -0.2) is 24.8 Å². The highest BCUT2D eigenvalue weighted by molar-refractivity contribution is 6.11. The molecule has 0 bridgehead atoms. The van der Waals surface area contributed by atoms with E-state index in [9.17, 15) is 4.79 Å². The first-order valence-electron chi connectivity index (χ1n) is 10.3. The number of nitrogens with zero attached hydrogens (tertiary/aromatic N) is 2. The number of hydrazone groups is 1. The summed E-state index contributed by atoms with van der Waals surface area (Å²) < 4.78 is 11.5. The van der Waals surface area contributed by atoms with E-state index in [1.165, 1.54) is 0 Å². The first kappa shape index (κ1) is 19.2. The molecule has 5 nitrogen and oxygen atoms in total. The molecule has 0 radical (unpaired) electrons. The van der Waals surface area contributed by atoms with Crippen molar-refractivity contribution in [1.29, 1.82) is 0 Å². The van der Waals surface area contributed by atoms with Crippen LogP contribution in [0.25, 0.3) is 0 Å². The van der Waals surface area contributed by atoms with Crippen molar-refractivity contribution >= 4 is 17.3 Å². The summed E-state index contributed by atoms with van der Waals surface area (Å²) in [6.45, 7) is 5.04. The van der Waals surface area contributed by atoms with E-state index in [0.717, 1.165) is 35.6 Å². The molecule has 2 atom stereocenters. The predicted octanol–water partition coefficient (Wildman–Crippen LogP) is 4.82. The highest BCUT2D eigenvalue weighted by Gasteiger charge is 2.40. The Morgan fingerprint density at radius 3 is 2.34 bits per heavy atom. The Morgan fingerprint density at radius 2 is 1.62 bits per heavy atom. The van der Waals surface area contributed by atoms with Crippen LogP contribution in [0.3, 0.4) is 0 Å². The lowest BCUT2D eigenvalue weighted by Crippen LogP contribution is -2.45. The van der Waals surface area contributed by atoms with E-state index in [0.29, 0.717) is 19.0 Å². The number of amides is 1. The van der Waals surface area contributed by atoms with Gasteiger partial charge in [-0.1, -0.05) is 30.4 Å². The van der Waals surface area contributed by atoms with Gasteiger partial charge in [0.05, 0.1) is 30.5 Å². The van der Waals surface area contributed by atoms with Gasteiger partial charge in [-0.2, -0.15) is 5.10 Å². The van der Waals surface area contributed by atoms with E-state index in [1.54, 1.807) is 5.01 Å². The summed E-state index contributed by atoms with van der Waals surface area (Å²) in [7, 11) is 0. The van der Waals surface area contributed by atoms with Gasteiger partial charge in [0.1, 0.15) is 0 Å². The normalized spacial score (nSPS) is 20.8. The molecule has 1 aliphatic heterocycles. The number of hydrogen-bond acceptors (Lipinski definition) is 4. The van der Waals surface area contributed by atoms with Crippen molar-refractivity contribution < 1.29 is 14.3 Å². The Bertz CT molecular complexity index is 936. The number of ether oxygens (including phenoxy) is 2. The summed E-state index contributed by atoms with van der Waals surface area (Å²) >= 11 is 0. The number of carbonyl (C=O) groups is 1. The lowest BCUT2D eigenvalue weighted by molar-refractivity contribution is -0.123. The summed E-state index contributed by atoms with van der Waals surface area (Å²) in [6.07, 6.45) is 5.81. The maximum Gasteiger partial charge on any atom is 0.251 e. The molecule has 0 saturated carbocycles. The maximum atomic E-state index is 13.2. The Hall–Kier alpha value is -3.08. The van der Waals surface area contributed by atoms with Gasteiger partial charge in [-0.25, -0.2) is 5.01 Å². The van der Waals surface area contributed by atoms with E-state index >= 15 is 0 Å². The van der Waals surface area contributed by atoms with E-state index in [-0.39, 0.29) is 17.7 Å². The topological polar surface area (TPSA) is 51.1 Å². The number of benzene rings is 2. The number of para-hydroxylation sites is 1. The number of fused-ring (bicyclic) bond motifs is 1. The minimum Gasteiger partial charge on any atom is -0.490 e. The molecule has 0 fully saturated rings. The second-order valence-electron chi connectivity index (χ2n) is 7.15. The summed E-state index contributed by atoms with van der Waals surface area (Å²) in [6, 6.07) is 15.6. The van der Waals surface area contributed by atoms with Crippen molar-refractivity contribution in [2.75, 3.05) is 18.2 Å². The van der Waals surface area contributed by atoms with Gasteiger partial charge in [0.25, 0.3) is 5.91 Å². The zero-order chi connectivity index (χ0) is 20.2. The molecule has 0 saturated heterocycles. The summed E-state index contributed by atoms with van der Waals surface area (Å²) in [5.41, 5.74) is 2.68. The van der Waals surface area contributed by atoms with Gasteiger partial charge in [0, 0.05) is 11.5 Å². The fourth-order valence-electron chi connectivity index (χ4n) is 4.01. The van der Waals surface area contributed by atoms with Crippen LogP contribution in [0.1, 0.15) is 32.3 Å². The minimum absolute atomic E-state index is 0.0604. The van der Waals surface area contributed by atoms with Gasteiger partial charge in [-0.3, -0.25) is 4.79 Å². The molecule has 1 aliphatic carbocycles. The molecular formula is C24H26N2O3. The number of hydrogen-bond donors (Lipinski definition) is 0. The zero-order valence-electron chi connectivity index (χ0n) is 16.9. The third-order valence-electron chi connectivity index (χ3n) is 5.36. The molecule has 0 spiro atoms. The second kappa shape index (κ2) is 8.52. The van der Waals surface area contributed by atoms with Crippen LogP contribution < -0.4 is 14.5 Å². The van der Waals surface area contributed by atoms with Crippen LogP contribution in [0, 0.1) is 11.8 Å². The standard InChI is InChI=1S/C24H26N2O3/c1-3-28-21-15-14-17(16-22(21)29-4-2)23-19-12-8-9-13-20(19)24(27)26(25-23)18-10-6-5-7-11-18/h5-11,14-16,19-20H,3-4,12-13H2,1-2H3. The van der Waals surface area contributed by atoms with E-state index in [1.807, 2.05) is 62.4 Å². The molecule has 1 amide bonds. The van der Waals surface area contributed by atoms with Crippen molar-refractivity contribution in [2.45, 2.75) is 26.7 Å². The smallest absolute Gasteiger partial charge is 0.251 e. The predicted molar refractivity (Wildman–Crippen MR) is 115 cm³/mol. The van der Waals surface area contributed by atoms with Crippen molar-refractivity contribution in [3.8, 4) is 11.5 Å². The Labute approximate surface area is 171 Å². The van der Waals surface area contributed by atoms with Crippen LogP contribution in [-0.2, 0) is 4.79 Å². The monoisotopic (exact) mass is 390 g/mol. The van der Waals surface area contributed by atoms with Gasteiger partial charge in [-0.05, 0) is 57.0 Å². The van der Waals surface area contributed by atoms with Crippen molar-refractivity contribution in [3.63, 3.8) is 0 Å². The van der Waals surface area contributed by atoms with Gasteiger partial charge < -0.3 is 9.47 Å². The summed E-state index contributed by atoms with van der Waals surface area (Å²) in [5.74, 6) is 1.46. The molecule has 2 aromatic carbocycles. The number of anilines is 1. The second-order valence-corrected chi connectivity index (χ2v) is 7.15. The minimum atomic E-state index is -0.102. The number of allylic oxidation sites excluding steroid dienone is 2. The van der Waals surface area contributed by atoms with Crippen LogP contribution in [0.5, 0.6) is 11.5 Å². The molecule has 0 N–H and O–H groups in total. The van der Waals surface area contributed by atoms with E-state index < -0.39 is 0 Å². The lowest BCUT2D eigenvalue weighted by atomic mass is 9.76. The third kappa shape index (κ3) is 3.77. The Kier molecular flexibility index (Phi) is 5.65. The third-order valence-corrected chi connectivity index (χ3v) is 5.36. The van der Waals surface area contributed by atoms with Gasteiger partial charge in [0.15, 0.2) is 11.5 Å². The largest absolute Gasteiger partial charge is 0.490 e. The van der Waals surface area contributed by atoms with Crippen molar-refractivity contribution in [1.82, 2.24) is 0 Å². The van der Waals surface area contributed by atoms with Crippen LogP contribution in [0.2, 0.25) is 0 Å². The maximum absolute atomic E-state index is 13.2. The van der Waals surface area contributed by atoms with Gasteiger partial charge in [0.2, 0.25) is 0 Å². The summed E-state index contributed by atoms with van der Waals surface area (Å²) in [5, 5.41) is 6.40. The molecule has 150 valence electrons. The van der Waals surface area contributed by atoms with Gasteiger partial charge >= 0.3 is 0 Å². The molecule has 2 aliphatic rings.